The molecule has 0 aromatic rings. The van der Waals surface area contributed by atoms with E-state index in [4.69, 9.17) is 5.41 Å². The summed E-state index contributed by atoms with van der Waals surface area (Å²) in [6, 6.07) is 0. The molecule has 1 rings (SSSR count). The van der Waals surface area contributed by atoms with Crippen LogP contribution in [0.2, 0.25) is 0 Å². The van der Waals surface area contributed by atoms with E-state index in [1.165, 1.54) is 12.8 Å². The molecule has 1 unspecified atom stereocenters. The largest absolute Gasteiger partial charge is 0.373 e. The Hall–Kier alpha value is -0.570. The second kappa shape index (κ2) is 5.97. The van der Waals surface area contributed by atoms with Crippen LogP contribution in [0.25, 0.3) is 0 Å². The first-order valence-electron chi connectivity index (χ1n) is 5.31. The average Bonchev–Trinajstić information content (AvgIpc) is 2.15. The van der Waals surface area contributed by atoms with Gasteiger partial charge in [0.2, 0.25) is 0 Å². The highest BCUT2D eigenvalue weighted by atomic mass is 15.0. The molecule has 13 heavy (non-hydrogen) atoms. The van der Waals surface area contributed by atoms with Crippen LogP contribution in [0.5, 0.6) is 0 Å². The summed E-state index contributed by atoms with van der Waals surface area (Å²) in [6.45, 7) is 5.29. The first-order valence-corrected chi connectivity index (χ1v) is 5.31. The fourth-order valence-electron chi connectivity index (χ4n) is 1.63. The van der Waals surface area contributed by atoms with Gasteiger partial charge in [-0.3, -0.25) is 5.41 Å². The maximum absolute atomic E-state index is 7.62. The van der Waals surface area contributed by atoms with Crippen molar-refractivity contribution in [2.24, 2.45) is 5.92 Å². The molecular formula is C10H21N3. The minimum absolute atomic E-state index is 0.704. The van der Waals surface area contributed by atoms with Gasteiger partial charge >= 0.3 is 0 Å². The third-order valence-corrected chi connectivity index (χ3v) is 2.58. The summed E-state index contributed by atoms with van der Waals surface area (Å²) in [7, 11) is 0. The Bertz CT molecular complexity index is 156. The highest BCUT2D eigenvalue weighted by molar-refractivity contribution is 5.78. The lowest BCUT2D eigenvalue weighted by atomic mass is 9.99. The minimum Gasteiger partial charge on any atom is -0.373 e. The molecule has 1 aliphatic rings. The summed E-state index contributed by atoms with van der Waals surface area (Å²) >= 11 is 0. The van der Waals surface area contributed by atoms with Crippen molar-refractivity contribution >= 4 is 5.84 Å². The van der Waals surface area contributed by atoms with Gasteiger partial charge in [0.15, 0.2) is 0 Å². The molecule has 3 N–H and O–H groups in total. The van der Waals surface area contributed by atoms with Gasteiger partial charge in [0.25, 0.3) is 0 Å². The standard InChI is InChI=1S/C10H21N3/c1-9-3-2-6-12-7-8-13-10(11)5-4-9/h9,12H,2-8H2,1H3,(H2,11,13). The topological polar surface area (TPSA) is 47.9 Å². The molecule has 1 fully saturated rings. The molecule has 1 heterocycles. The fraction of sp³-hybridized carbons (Fsp3) is 0.900. The van der Waals surface area contributed by atoms with E-state index >= 15 is 0 Å². The highest BCUT2D eigenvalue weighted by Gasteiger charge is 2.05. The Morgan fingerprint density at radius 1 is 1.23 bits per heavy atom. The number of hydrogen-bond donors (Lipinski definition) is 3. The second-order valence-electron chi connectivity index (χ2n) is 3.94. The van der Waals surface area contributed by atoms with Crippen molar-refractivity contribution in [2.75, 3.05) is 19.6 Å². The summed E-state index contributed by atoms with van der Waals surface area (Å²) in [4.78, 5) is 0. The maximum atomic E-state index is 7.62. The van der Waals surface area contributed by atoms with Crippen molar-refractivity contribution in [2.45, 2.75) is 32.6 Å². The zero-order valence-electron chi connectivity index (χ0n) is 8.53. The van der Waals surface area contributed by atoms with Crippen LogP contribution in [-0.4, -0.2) is 25.5 Å². The van der Waals surface area contributed by atoms with Gasteiger partial charge in [0.05, 0.1) is 5.84 Å². The normalized spacial score (nSPS) is 27.5. The van der Waals surface area contributed by atoms with Gasteiger partial charge in [-0.05, 0) is 31.7 Å². The van der Waals surface area contributed by atoms with Crippen LogP contribution in [-0.2, 0) is 0 Å². The summed E-state index contributed by atoms with van der Waals surface area (Å²) in [5.74, 6) is 1.47. The molecule has 0 aliphatic carbocycles. The van der Waals surface area contributed by atoms with Crippen molar-refractivity contribution in [3.05, 3.63) is 0 Å². The predicted octanol–water partition coefficient (Wildman–Crippen LogP) is 1.35. The summed E-state index contributed by atoms with van der Waals surface area (Å²) in [5.41, 5.74) is 0. The quantitative estimate of drug-likeness (QED) is 0.531. The summed E-state index contributed by atoms with van der Waals surface area (Å²) in [5, 5.41) is 14.1. The molecule has 0 bridgehead atoms. The van der Waals surface area contributed by atoms with E-state index in [-0.39, 0.29) is 0 Å². The molecule has 0 aromatic heterocycles. The van der Waals surface area contributed by atoms with Gasteiger partial charge in [-0.25, -0.2) is 0 Å². The first-order chi connectivity index (χ1) is 6.29. The monoisotopic (exact) mass is 183 g/mol. The molecular weight excluding hydrogens is 162 g/mol. The lowest BCUT2D eigenvalue weighted by Gasteiger charge is -2.10. The maximum Gasteiger partial charge on any atom is 0.0932 e. The second-order valence-corrected chi connectivity index (χ2v) is 3.94. The van der Waals surface area contributed by atoms with E-state index in [0.717, 1.165) is 38.4 Å². The van der Waals surface area contributed by atoms with Crippen LogP contribution in [0.1, 0.15) is 32.6 Å². The average molecular weight is 183 g/mol. The van der Waals surface area contributed by atoms with Crippen LogP contribution in [0.4, 0.5) is 0 Å². The zero-order valence-corrected chi connectivity index (χ0v) is 8.53. The van der Waals surface area contributed by atoms with E-state index in [2.05, 4.69) is 17.6 Å². The highest BCUT2D eigenvalue weighted by Crippen LogP contribution is 2.12. The molecule has 1 saturated heterocycles. The van der Waals surface area contributed by atoms with Crippen molar-refractivity contribution in [1.82, 2.24) is 10.6 Å². The van der Waals surface area contributed by atoms with E-state index in [1.54, 1.807) is 0 Å². The molecule has 0 radical (unpaired) electrons. The van der Waals surface area contributed by atoms with E-state index < -0.39 is 0 Å². The Morgan fingerprint density at radius 3 is 2.92 bits per heavy atom. The van der Waals surface area contributed by atoms with Crippen molar-refractivity contribution in [3.8, 4) is 0 Å². The van der Waals surface area contributed by atoms with Gasteiger partial charge < -0.3 is 10.6 Å². The molecule has 0 saturated carbocycles. The van der Waals surface area contributed by atoms with Crippen LogP contribution in [0.3, 0.4) is 0 Å². The Kier molecular flexibility index (Phi) is 4.83. The smallest absolute Gasteiger partial charge is 0.0932 e. The number of hydrogen-bond acceptors (Lipinski definition) is 2. The first kappa shape index (κ1) is 10.5. The zero-order chi connectivity index (χ0) is 9.52. The number of nitrogens with one attached hydrogen (secondary N) is 3. The molecule has 3 heteroatoms. The molecule has 0 amide bonds. The Balaban J connectivity index is 2.28. The van der Waals surface area contributed by atoms with Crippen molar-refractivity contribution in [3.63, 3.8) is 0 Å². The Labute approximate surface area is 80.8 Å². The number of amidine groups is 1. The van der Waals surface area contributed by atoms with Gasteiger partial charge in [0, 0.05) is 19.5 Å². The van der Waals surface area contributed by atoms with Gasteiger partial charge in [-0.2, -0.15) is 0 Å². The fourth-order valence-corrected chi connectivity index (χ4v) is 1.63. The van der Waals surface area contributed by atoms with E-state index in [0.29, 0.717) is 5.84 Å². The molecule has 76 valence electrons. The van der Waals surface area contributed by atoms with E-state index in [9.17, 15) is 0 Å². The van der Waals surface area contributed by atoms with Crippen LogP contribution in [0.15, 0.2) is 0 Å². The van der Waals surface area contributed by atoms with Gasteiger partial charge in [-0.1, -0.05) is 6.92 Å². The molecule has 1 atom stereocenters. The molecule has 0 spiro atoms. The van der Waals surface area contributed by atoms with Crippen molar-refractivity contribution < 1.29 is 0 Å². The summed E-state index contributed by atoms with van der Waals surface area (Å²) < 4.78 is 0. The van der Waals surface area contributed by atoms with Crippen molar-refractivity contribution in [1.29, 1.82) is 5.41 Å². The minimum atomic E-state index is 0.704. The van der Waals surface area contributed by atoms with Gasteiger partial charge in [0.1, 0.15) is 0 Å². The van der Waals surface area contributed by atoms with Crippen LogP contribution in [0, 0.1) is 11.3 Å². The lowest BCUT2D eigenvalue weighted by Crippen LogP contribution is -2.31. The van der Waals surface area contributed by atoms with E-state index in [1.807, 2.05) is 0 Å². The third kappa shape index (κ3) is 4.88. The third-order valence-electron chi connectivity index (χ3n) is 2.58. The summed E-state index contributed by atoms with van der Waals surface area (Å²) in [6.07, 6.45) is 4.64. The molecule has 0 aromatic carbocycles. The molecule has 1 aliphatic heterocycles. The molecule has 3 nitrogen and oxygen atoms in total. The van der Waals surface area contributed by atoms with Gasteiger partial charge in [-0.15, -0.1) is 0 Å². The van der Waals surface area contributed by atoms with Crippen LogP contribution >= 0.6 is 0 Å². The number of rotatable bonds is 0. The SMILES string of the molecule is CC1CCCNCCNC(=N)CC1. The Morgan fingerprint density at radius 2 is 2.08 bits per heavy atom. The predicted molar refractivity (Wildman–Crippen MR) is 56.2 cm³/mol. The van der Waals surface area contributed by atoms with Crippen LogP contribution < -0.4 is 10.6 Å². The lowest BCUT2D eigenvalue weighted by molar-refractivity contribution is 0.475.